The molecular formula is C16H29IN4O3S. The molecule has 9 heteroatoms. The van der Waals surface area contributed by atoms with Crippen molar-refractivity contribution in [2.45, 2.75) is 13.3 Å². The average Bonchev–Trinajstić information content (AvgIpc) is 2.60. The first-order valence-corrected chi connectivity index (χ1v) is 9.67. The van der Waals surface area contributed by atoms with Crippen molar-refractivity contribution in [2.24, 2.45) is 4.99 Å². The van der Waals surface area contributed by atoms with Gasteiger partial charge in [0, 0.05) is 27.2 Å². The molecule has 0 aliphatic rings. The van der Waals surface area contributed by atoms with Crippen molar-refractivity contribution in [3.05, 3.63) is 30.3 Å². The van der Waals surface area contributed by atoms with Gasteiger partial charge in [-0.1, -0.05) is 18.2 Å². The largest absolute Gasteiger partial charge is 0.492 e. The zero-order valence-electron chi connectivity index (χ0n) is 15.1. The van der Waals surface area contributed by atoms with Gasteiger partial charge in [-0.2, -0.15) is 0 Å². The van der Waals surface area contributed by atoms with Crippen LogP contribution in [0, 0.1) is 0 Å². The van der Waals surface area contributed by atoms with Gasteiger partial charge in [0.05, 0.1) is 12.3 Å². The van der Waals surface area contributed by atoms with Gasteiger partial charge >= 0.3 is 0 Å². The molecule has 0 bridgehead atoms. The molecule has 0 radical (unpaired) electrons. The van der Waals surface area contributed by atoms with E-state index in [0.717, 1.165) is 5.75 Å². The summed E-state index contributed by atoms with van der Waals surface area (Å²) in [4.78, 5) is 4.12. The summed E-state index contributed by atoms with van der Waals surface area (Å²) in [5.74, 6) is 1.64. The molecule has 1 aromatic rings. The number of benzene rings is 1. The van der Waals surface area contributed by atoms with E-state index in [1.165, 1.54) is 4.31 Å². The molecular weight excluding hydrogens is 455 g/mol. The Morgan fingerprint density at radius 2 is 1.84 bits per heavy atom. The van der Waals surface area contributed by atoms with Crippen molar-refractivity contribution < 1.29 is 13.2 Å². The molecule has 144 valence electrons. The van der Waals surface area contributed by atoms with Crippen LogP contribution in [0.5, 0.6) is 5.75 Å². The molecule has 0 amide bonds. The third kappa shape index (κ3) is 9.85. The zero-order valence-corrected chi connectivity index (χ0v) is 18.2. The van der Waals surface area contributed by atoms with Gasteiger partial charge in [0.2, 0.25) is 10.0 Å². The number of guanidine groups is 1. The number of hydrogen-bond donors (Lipinski definition) is 2. The molecule has 0 heterocycles. The van der Waals surface area contributed by atoms with Gasteiger partial charge in [-0.05, 0) is 25.5 Å². The second kappa shape index (κ2) is 13.2. The van der Waals surface area contributed by atoms with E-state index in [2.05, 4.69) is 15.6 Å². The van der Waals surface area contributed by atoms with E-state index >= 15 is 0 Å². The van der Waals surface area contributed by atoms with Crippen LogP contribution in [0.2, 0.25) is 0 Å². The van der Waals surface area contributed by atoms with Gasteiger partial charge in [0.15, 0.2) is 5.96 Å². The highest BCUT2D eigenvalue weighted by Gasteiger charge is 2.13. The zero-order chi connectivity index (χ0) is 17.8. The van der Waals surface area contributed by atoms with E-state index in [1.54, 1.807) is 21.0 Å². The van der Waals surface area contributed by atoms with Crippen molar-refractivity contribution >= 4 is 40.0 Å². The lowest BCUT2D eigenvalue weighted by Gasteiger charge is -2.17. The van der Waals surface area contributed by atoms with Gasteiger partial charge in [0.1, 0.15) is 12.4 Å². The Hall–Kier alpha value is -1.07. The Morgan fingerprint density at radius 3 is 2.44 bits per heavy atom. The second-order valence-electron chi connectivity index (χ2n) is 5.16. The number of halogens is 1. The Bertz CT molecular complexity index is 597. The number of nitrogens with one attached hydrogen (secondary N) is 2. The summed E-state index contributed by atoms with van der Waals surface area (Å²) in [5, 5.41) is 6.31. The standard InChI is InChI=1S/C16H28N4O3S.HI/c1-4-24(21,22)20(3)13-8-11-18-16(17-2)19-12-14-23-15-9-6-5-7-10-15;/h5-7,9-10H,4,8,11-14H2,1-3H3,(H2,17,18,19);1H. The summed E-state index contributed by atoms with van der Waals surface area (Å²) >= 11 is 0. The molecule has 0 aromatic heterocycles. The van der Waals surface area contributed by atoms with Crippen LogP contribution in [-0.2, 0) is 10.0 Å². The Kier molecular flexibility index (Phi) is 12.6. The van der Waals surface area contributed by atoms with Crippen molar-refractivity contribution in [3.63, 3.8) is 0 Å². The maximum atomic E-state index is 11.6. The van der Waals surface area contributed by atoms with E-state index in [9.17, 15) is 8.42 Å². The first kappa shape index (κ1) is 23.9. The molecule has 0 spiro atoms. The predicted octanol–water partition coefficient (Wildman–Crippen LogP) is 1.52. The lowest BCUT2D eigenvalue weighted by atomic mass is 10.3. The summed E-state index contributed by atoms with van der Waals surface area (Å²) in [6.07, 6.45) is 0.705. The van der Waals surface area contributed by atoms with Gasteiger partial charge in [0.25, 0.3) is 0 Å². The molecule has 0 unspecified atom stereocenters. The van der Waals surface area contributed by atoms with Crippen LogP contribution >= 0.6 is 24.0 Å². The molecule has 1 rings (SSSR count). The van der Waals surface area contributed by atoms with Crippen LogP contribution in [0.25, 0.3) is 0 Å². The molecule has 1 aromatic carbocycles. The van der Waals surface area contributed by atoms with Crippen molar-refractivity contribution in [1.82, 2.24) is 14.9 Å². The molecule has 0 saturated heterocycles. The van der Waals surface area contributed by atoms with Crippen molar-refractivity contribution in [1.29, 1.82) is 0 Å². The number of ether oxygens (including phenoxy) is 1. The molecule has 0 aliphatic heterocycles. The van der Waals surface area contributed by atoms with Crippen LogP contribution in [0.1, 0.15) is 13.3 Å². The fourth-order valence-corrected chi connectivity index (χ4v) is 2.79. The molecule has 0 saturated carbocycles. The van der Waals surface area contributed by atoms with Crippen LogP contribution < -0.4 is 15.4 Å². The molecule has 25 heavy (non-hydrogen) atoms. The molecule has 2 N–H and O–H groups in total. The number of rotatable bonds is 10. The summed E-state index contributed by atoms with van der Waals surface area (Å²) in [5.41, 5.74) is 0. The number of sulfonamides is 1. The van der Waals surface area contributed by atoms with Crippen LogP contribution in [0.3, 0.4) is 0 Å². The summed E-state index contributed by atoms with van der Waals surface area (Å²) in [7, 11) is 0.194. The molecule has 0 atom stereocenters. The third-order valence-corrected chi connectivity index (χ3v) is 5.27. The number of para-hydroxylation sites is 1. The minimum absolute atomic E-state index is 0. The van der Waals surface area contributed by atoms with E-state index in [1.807, 2.05) is 30.3 Å². The lowest BCUT2D eigenvalue weighted by molar-refractivity contribution is 0.322. The second-order valence-corrected chi connectivity index (χ2v) is 7.53. The SMILES string of the molecule is CCS(=O)(=O)N(C)CCCNC(=NC)NCCOc1ccccc1.I. The fourth-order valence-electron chi connectivity index (χ4n) is 1.94. The van der Waals surface area contributed by atoms with Gasteiger partial charge < -0.3 is 15.4 Å². The van der Waals surface area contributed by atoms with Crippen molar-refractivity contribution in [2.75, 3.05) is 46.1 Å². The summed E-state index contributed by atoms with van der Waals surface area (Å²) < 4.78 is 30.2. The minimum Gasteiger partial charge on any atom is -0.492 e. The normalized spacial score (nSPS) is 11.8. The topological polar surface area (TPSA) is 83.0 Å². The third-order valence-electron chi connectivity index (χ3n) is 3.41. The highest BCUT2D eigenvalue weighted by atomic mass is 127. The number of nitrogens with zero attached hydrogens (tertiary/aromatic N) is 2. The Morgan fingerprint density at radius 1 is 1.20 bits per heavy atom. The van der Waals surface area contributed by atoms with E-state index in [-0.39, 0.29) is 29.7 Å². The maximum Gasteiger partial charge on any atom is 0.213 e. The minimum atomic E-state index is -3.11. The van der Waals surface area contributed by atoms with Gasteiger partial charge in [-0.25, -0.2) is 12.7 Å². The smallest absolute Gasteiger partial charge is 0.213 e. The van der Waals surface area contributed by atoms with Crippen LogP contribution in [0.4, 0.5) is 0 Å². The highest BCUT2D eigenvalue weighted by Crippen LogP contribution is 2.07. The maximum absolute atomic E-state index is 11.6. The molecule has 0 aliphatic carbocycles. The van der Waals surface area contributed by atoms with Crippen LogP contribution in [0.15, 0.2) is 35.3 Å². The first-order chi connectivity index (χ1) is 11.5. The monoisotopic (exact) mass is 484 g/mol. The quantitative estimate of drug-likeness (QED) is 0.228. The summed E-state index contributed by atoms with van der Waals surface area (Å²) in [6.45, 7) is 3.92. The van der Waals surface area contributed by atoms with Gasteiger partial charge in [-0.15, -0.1) is 24.0 Å². The number of aliphatic imine (C=N–C) groups is 1. The van der Waals surface area contributed by atoms with E-state index < -0.39 is 10.0 Å². The average molecular weight is 484 g/mol. The summed E-state index contributed by atoms with van der Waals surface area (Å²) in [6, 6.07) is 9.62. The molecule has 0 fully saturated rings. The van der Waals surface area contributed by atoms with E-state index in [4.69, 9.17) is 4.74 Å². The predicted molar refractivity (Wildman–Crippen MR) is 113 cm³/mol. The van der Waals surface area contributed by atoms with Crippen LogP contribution in [-0.4, -0.2) is 64.8 Å². The molecule has 7 nitrogen and oxygen atoms in total. The van der Waals surface area contributed by atoms with Crippen molar-refractivity contribution in [3.8, 4) is 5.75 Å². The Balaban J connectivity index is 0.00000576. The highest BCUT2D eigenvalue weighted by molar-refractivity contribution is 14.0. The van der Waals surface area contributed by atoms with Gasteiger partial charge in [-0.3, -0.25) is 4.99 Å². The lowest BCUT2D eigenvalue weighted by Crippen LogP contribution is -2.40. The number of hydrogen-bond acceptors (Lipinski definition) is 4. The first-order valence-electron chi connectivity index (χ1n) is 8.06. The Labute approximate surface area is 168 Å². The van der Waals surface area contributed by atoms with E-state index in [0.29, 0.717) is 38.6 Å². The fraction of sp³-hybridized carbons (Fsp3) is 0.562.